The Hall–Kier alpha value is -1.38. The molecule has 0 unspecified atom stereocenters. The molecule has 4 heteroatoms. The molecule has 2 rings (SSSR count). The second-order valence-corrected chi connectivity index (χ2v) is 4.33. The molecule has 0 aromatic heterocycles. The Labute approximate surface area is 109 Å². The fourth-order valence-electron chi connectivity index (χ4n) is 1.53. The molecule has 0 saturated heterocycles. The number of ether oxygens (including phenoxy) is 1. The fourth-order valence-corrected chi connectivity index (χ4v) is 1.97. The highest BCUT2D eigenvalue weighted by Crippen LogP contribution is 2.33. The Balaban J connectivity index is 2.46. The Morgan fingerprint density at radius 3 is 2.06 bits per heavy atom. The van der Waals surface area contributed by atoms with E-state index in [4.69, 9.17) is 27.9 Å². The summed E-state index contributed by atoms with van der Waals surface area (Å²) in [6.45, 7) is 0. The summed E-state index contributed by atoms with van der Waals surface area (Å²) in [7, 11) is 1.57. The van der Waals surface area contributed by atoms with Gasteiger partial charge in [-0.1, -0.05) is 35.3 Å². The molecule has 0 atom stereocenters. The van der Waals surface area contributed by atoms with Crippen LogP contribution < -0.4 is 4.74 Å². The summed E-state index contributed by atoms with van der Waals surface area (Å²) in [5.74, 6) is 0.690. The lowest BCUT2D eigenvalue weighted by Crippen LogP contribution is -1.85. The van der Waals surface area contributed by atoms with Crippen molar-refractivity contribution in [3.63, 3.8) is 0 Å². The number of hydrogen-bond acceptors (Lipinski definition) is 2. The zero-order valence-corrected chi connectivity index (χ0v) is 10.6. The van der Waals surface area contributed by atoms with E-state index in [1.165, 1.54) is 0 Å². The van der Waals surface area contributed by atoms with Crippen molar-refractivity contribution in [2.45, 2.75) is 0 Å². The molecule has 0 saturated carbocycles. The van der Waals surface area contributed by atoms with Crippen LogP contribution in [-0.4, -0.2) is 12.2 Å². The molecule has 1 N–H and O–H groups in total. The Morgan fingerprint density at radius 2 is 1.53 bits per heavy atom. The quantitative estimate of drug-likeness (QED) is 0.876. The molecular formula is C13H10Cl2O2. The van der Waals surface area contributed by atoms with E-state index >= 15 is 0 Å². The zero-order valence-electron chi connectivity index (χ0n) is 9.08. The summed E-state index contributed by atoms with van der Waals surface area (Å²) >= 11 is 11.9. The largest absolute Gasteiger partial charge is 0.506 e. The summed E-state index contributed by atoms with van der Waals surface area (Å²) in [5, 5.41) is 10.2. The number of phenols is 1. The van der Waals surface area contributed by atoms with Crippen molar-refractivity contribution in [3.05, 3.63) is 46.4 Å². The lowest BCUT2D eigenvalue weighted by molar-refractivity contribution is 0.415. The topological polar surface area (TPSA) is 29.5 Å². The van der Waals surface area contributed by atoms with Crippen molar-refractivity contribution in [2.75, 3.05) is 7.11 Å². The predicted octanol–water partition coefficient (Wildman–Crippen LogP) is 4.37. The summed E-state index contributed by atoms with van der Waals surface area (Å²) < 4.78 is 5.08. The third-order valence-corrected chi connectivity index (χ3v) is 3.03. The minimum Gasteiger partial charge on any atom is -0.506 e. The molecule has 2 aromatic carbocycles. The molecule has 0 fully saturated rings. The van der Waals surface area contributed by atoms with Crippen LogP contribution in [0.25, 0.3) is 11.1 Å². The van der Waals surface area contributed by atoms with E-state index in [-0.39, 0.29) is 5.75 Å². The second kappa shape index (κ2) is 4.86. The normalized spacial score (nSPS) is 10.3. The van der Waals surface area contributed by atoms with Gasteiger partial charge < -0.3 is 9.84 Å². The second-order valence-electron chi connectivity index (χ2n) is 3.52. The van der Waals surface area contributed by atoms with Gasteiger partial charge in [-0.25, -0.2) is 0 Å². The molecule has 0 heterocycles. The van der Waals surface area contributed by atoms with E-state index in [0.717, 1.165) is 11.1 Å². The zero-order chi connectivity index (χ0) is 12.4. The van der Waals surface area contributed by atoms with Gasteiger partial charge in [-0.3, -0.25) is 0 Å². The molecule has 0 aliphatic heterocycles. The van der Waals surface area contributed by atoms with Crippen LogP contribution in [-0.2, 0) is 0 Å². The van der Waals surface area contributed by atoms with Gasteiger partial charge in [0.2, 0.25) is 0 Å². The Bertz CT molecular complexity index is 553. The van der Waals surface area contributed by atoms with Crippen LogP contribution in [0.2, 0.25) is 10.0 Å². The van der Waals surface area contributed by atoms with Crippen LogP contribution in [0.1, 0.15) is 0 Å². The first-order valence-electron chi connectivity index (χ1n) is 4.94. The molecule has 17 heavy (non-hydrogen) atoms. The molecule has 0 amide bonds. The highest BCUT2D eigenvalue weighted by molar-refractivity contribution is 6.33. The summed E-state index contributed by atoms with van der Waals surface area (Å²) in [6.07, 6.45) is 0. The first kappa shape index (κ1) is 12.1. The van der Waals surface area contributed by atoms with Crippen molar-refractivity contribution >= 4 is 23.2 Å². The number of benzene rings is 2. The van der Waals surface area contributed by atoms with E-state index in [0.29, 0.717) is 15.8 Å². The molecular weight excluding hydrogens is 259 g/mol. The number of halogens is 2. The van der Waals surface area contributed by atoms with Gasteiger partial charge in [0, 0.05) is 0 Å². The van der Waals surface area contributed by atoms with Gasteiger partial charge in [-0.2, -0.15) is 0 Å². The van der Waals surface area contributed by atoms with Crippen molar-refractivity contribution in [2.24, 2.45) is 0 Å². The maximum Gasteiger partial charge on any atom is 0.137 e. The maximum atomic E-state index is 9.35. The molecule has 2 aromatic rings. The average molecular weight is 269 g/mol. The van der Waals surface area contributed by atoms with Crippen LogP contribution in [0.5, 0.6) is 11.5 Å². The number of hydrogen-bond donors (Lipinski definition) is 1. The Kier molecular flexibility index (Phi) is 3.46. The smallest absolute Gasteiger partial charge is 0.137 e. The Morgan fingerprint density at radius 1 is 0.941 bits per heavy atom. The van der Waals surface area contributed by atoms with E-state index in [2.05, 4.69) is 0 Å². The van der Waals surface area contributed by atoms with Gasteiger partial charge in [0.05, 0.1) is 17.2 Å². The molecule has 0 radical (unpaired) electrons. The summed E-state index contributed by atoms with van der Waals surface area (Å²) in [6, 6.07) is 10.5. The molecule has 0 aliphatic rings. The summed E-state index contributed by atoms with van der Waals surface area (Å²) in [5.41, 5.74) is 1.80. The van der Waals surface area contributed by atoms with E-state index in [1.54, 1.807) is 37.4 Å². The predicted molar refractivity (Wildman–Crippen MR) is 70.1 cm³/mol. The van der Waals surface area contributed by atoms with Gasteiger partial charge >= 0.3 is 0 Å². The third-order valence-electron chi connectivity index (χ3n) is 2.43. The lowest BCUT2D eigenvalue weighted by atomic mass is 10.1. The maximum absolute atomic E-state index is 9.35. The SMILES string of the molecule is COc1ccc(-c2ccc(O)c(Cl)c2)cc1Cl. The van der Waals surface area contributed by atoms with Crippen molar-refractivity contribution in [1.29, 1.82) is 0 Å². The average Bonchev–Trinajstić information content (AvgIpc) is 2.32. The first-order valence-corrected chi connectivity index (χ1v) is 5.70. The lowest BCUT2D eigenvalue weighted by Gasteiger charge is -2.07. The van der Waals surface area contributed by atoms with Crippen LogP contribution >= 0.6 is 23.2 Å². The van der Waals surface area contributed by atoms with Crippen molar-refractivity contribution < 1.29 is 9.84 Å². The molecule has 0 spiro atoms. The number of aromatic hydroxyl groups is 1. The molecule has 0 bridgehead atoms. The third kappa shape index (κ3) is 2.48. The first-order chi connectivity index (χ1) is 8.11. The van der Waals surface area contributed by atoms with Crippen molar-refractivity contribution in [1.82, 2.24) is 0 Å². The van der Waals surface area contributed by atoms with E-state index in [9.17, 15) is 5.11 Å². The van der Waals surface area contributed by atoms with E-state index < -0.39 is 0 Å². The monoisotopic (exact) mass is 268 g/mol. The molecule has 88 valence electrons. The van der Waals surface area contributed by atoms with Gasteiger partial charge in [-0.15, -0.1) is 0 Å². The fraction of sp³-hybridized carbons (Fsp3) is 0.0769. The van der Waals surface area contributed by atoms with E-state index in [1.807, 2.05) is 6.07 Å². The van der Waals surface area contributed by atoms with Gasteiger partial charge in [-0.05, 0) is 35.4 Å². The molecule has 2 nitrogen and oxygen atoms in total. The number of rotatable bonds is 2. The highest BCUT2D eigenvalue weighted by atomic mass is 35.5. The van der Waals surface area contributed by atoms with Crippen LogP contribution in [0.3, 0.4) is 0 Å². The van der Waals surface area contributed by atoms with Crippen LogP contribution in [0, 0.1) is 0 Å². The summed E-state index contributed by atoms with van der Waals surface area (Å²) in [4.78, 5) is 0. The minimum atomic E-state index is 0.0648. The van der Waals surface area contributed by atoms with Crippen molar-refractivity contribution in [3.8, 4) is 22.6 Å². The van der Waals surface area contributed by atoms with Gasteiger partial charge in [0.25, 0.3) is 0 Å². The van der Waals surface area contributed by atoms with Crippen LogP contribution in [0.4, 0.5) is 0 Å². The number of methoxy groups -OCH3 is 1. The van der Waals surface area contributed by atoms with Gasteiger partial charge in [0.1, 0.15) is 11.5 Å². The highest BCUT2D eigenvalue weighted by Gasteiger charge is 2.06. The van der Waals surface area contributed by atoms with Crippen LogP contribution in [0.15, 0.2) is 36.4 Å². The van der Waals surface area contributed by atoms with Gasteiger partial charge in [0.15, 0.2) is 0 Å². The minimum absolute atomic E-state index is 0.0648. The standard InChI is InChI=1S/C13H10Cl2O2/c1-17-13-5-3-9(7-11(13)15)8-2-4-12(16)10(14)6-8/h2-7,16H,1H3. The number of phenolic OH excluding ortho intramolecular Hbond substituents is 1. The molecule has 0 aliphatic carbocycles.